The van der Waals surface area contributed by atoms with Gasteiger partial charge in [0.1, 0.15) is 0 Å². The van der Waals surface area contributed by atoms with E-state index < -0.39 is 0 Å². The normalized spacial score (nSPS) is 24.3. The molecule has 1 aliphatic heterocycles. The molecule has 0 aliphatic carbocycles. The van der Waals surface area contributed by atoms with Crippen molar-refractivity contribution in [2.75, 3.05) is 26.2 Å². The van der Waals surface area contributed by atoms with Crippen molar-refractivity contribution < 1.29 is 9.53 Å². The molecule has 112 valence electrons. The first-order chi connectivity index (χ1) is 9.22. The molecule has 4 nitrogen and oxygen atoms in total. The second-order valence-electron chi connectivity index (χ2n) is 5.71. The lowest BCUT2D eigenvalue weighted by molar-refractivity contribution is -0.109. The van der Waals surface area contributed by atoms with Crippen molar-refractivity contribution in [2.24, 2.45) is 0 Å². The summed E-state index contributed by atoms with van der Waals surface area (Å²) in [5.41, 5.74) is 0. The van der Waals surface area contributed by atoms with Crippen LogP contribution in [0.25, 0.3) is 0 Å². The molecule has 19 heavy (non-hydrogen) atoms. The van der Waals surface area contributed by atoms with Crippen LogP contribution in [0.2, 0.25) is 0 Å². The minimum absolute atomic E-state index is 0.383. The molecule has 2 atom stereocenters. The molecular formula is C15H30N2O2. The summed E-state index contributed by atoms with van der Waals surface area (Å²) < 4.78 is 5.74. The van der Waals surface area contributed by atoms with E-state index in [-0.39, 0.29) is 0 Å². The number of hydrogen-bond acceptors (Lipinski definition) is 3. The number of carbonyl (C=O) groups excluding carboxylic acids is 1. The first-order valence-corrected chi connectivity index (χ1v) is 7.77. The van der Waals surface area contributed by atoms with Gasteiger partial charge in [0.2, 0.25) is 6.41 Å². The molecule has 0 radical (unpaired) electrons. The van der Waals surface area contributed by atoms with Crippen molar-refractivity contribution in [1.29, 1.82) is 0 Å². The van der Waals surface area contributed by atoms with Crippen LogP contribution >= 0.6 is 0 Å². The van der Waals surface area contributed by atoms with Crippen LogP contribution in [0.3, 0.4) is 0 Å². The fraction of sp³-hybridized carbons (Fsp3) is 0.933. The Morgan fingerprint density at radius 2 is 1.63 bits per heavy atom. The Morgan fingerprint density at radius 3 is 2.26 bits per heavy atom. The number of unbranched alkanes of at least 4 members (excludes halogenated alkanes) is 5. The van der Waals surface area contributed by atoms with E-state index in [2.05, 4.69) is 24.1 Å². The standard InChI is InChI=1S/C15H30N2O2/c1-14-11-17(12-15(2)19-14)10-8-6-4-3-5-7-9-16-13-18/h13-15H,3-12H2,1-2H3,(H,16,18). The summed E-state index contributed by atoms with van der Waals surface area (Å²) in [5.74, 6) is 0. The summed E-state index contributed by atoms with van der Waals surface area (Å²) in [6.45, 7) is 8.53. The van der Waals surface area contributed by atoms with Gasteiger partial charge in [0.05, 0.1) is 12.2 Å². The highest BCUT2D eigenvalue weighted by atomic mass is 16.5. The topological polar surface area (TPSA) is 41.6 Å². The van der Waals surface area contributed by atoms with E-state index in [4.69, 9.17) is 4.74 Å². The third kappa shape index (κ3) is 8.22. The van der Waals surface area contributed by atoms with Crippen LogP contribution in [0.4, 0.5) is 0 Å². The minimum atomic E-state index is 0.383. The smallest absolute Gasteiger partial charge is 0.207 e. The van der Waals surface area contributed by atoms with Crippen LogP contribution in [0.1, 0.15) is 52.4 Å². The molecule has 0 spiro atoms. The zero-order valence-electron chi connectivity index (χ0n) is 12.6. The zero-order chi connectivity index (χ0) is 13.9. The van der Waals surface area contributed by atoms with Crippen molar-refractivity contribution in [3.05, 3.63) is 0 Å². The zero-order valence-corrected chi connectivity index (χ0v) is 12.6. The monoisotopic (exact) mass is 270 g/mol. The molecule has 0 saturated carbocycles. The van der Waals surface area contributed by atoms with Gasteiger partial charge in [-0.2, -0.15) is 0 Å². The van der Waals surface area contributed by atoms with Crippen LogP contribution in [0, 0.1) is 0 Å². The van der Waals surface area contributed by atoms with Crippen molar-refractivity contribution in [3.8, 4) is 0 Å². The summed E-state index contributed by atoms with van der Waals surface area (Å²) in [4.78, 5) is 12.6. The molecular weight excluding hydrogens is 240 g/mol. The maximum Gasteiger partial charge on any atom is 0.207 e. The predicted molar refractivity (Wildman–Crippen MR) is 78.2 cm³/mol. The predicted octanol–water partition coefficient (Wildman–Crippen LogP) is 2.18. The number of nitrogens with zero attached hydrogens (tertiary/aromatic N) is 1. The van der Waals surface area contributed by atoms with Gasteiger partial charge in [-0.3, -0.25) is 9.69 Å². The average molecular weight is 270 g/mol. The van der Waals surface area contributed by atoms with E-state index in [1.165, 1.54) is 38.6 Å². The number of hydrogen-bond donors (Lipinski definition) is 1. The summed E-state index contributed by atoms with van der Waals surface area (Å²) in [6, 6.07) is 0. The van der Waals surface area contributed by atoms with Gasteiger partial charge in [0.15, 0.2) is 0 Å². The molecule has 1 saturated heterocycles. The van der Waals surface area contributed by atoms with Crippen LogP contribution in [-0.2, 0) is 9.53 Å². The first-order valence-electron chi connectivity index (χ1n) is 7.77. The second kappa shape index (κ2) is 10.2. The van der Waals surface area contributed by atoms with E-state index in [0.29, 0.717) is 12.2 Å². The molecule has 4 heteroatoms. The van der Waals surface area contributed by atoms with Gasteiger partial charge in [-0.1, -0.05) is 25.7 Å². The molecule has 0 aromatic carbocycles. The second-order valence-corrected chi connectivity index (χ2v) is 5.71. The summed E-state index contributed by atoms with van der Waals surface area (Å²) in [7, 11) is 0. The van der Waals surface area contributed by atoms with Crippen LogP contribution in [0.15, 0.2) is 0 Å². The highest BCUT2D eigenvalue weighted by Crippen LogP contribution is 2.12. The molecule has 0 bridgehead atoms. The van der Waals surface area contributed by atoms with Crippen LogP contribution in [-0.4, -0.2) is 49.7 Å². The van der Waals surface area contributed by atoms with E-state index in [1.54, 1.807) is 0 Å². The Kier molecular flexibility index (Phi) is 8.84. The molecule has 2 unspecified atom stereocenters. The SMILES string of the molecule is CC1CN(CCCCCCCCNC=O)CC(C)O1. The highest BCUT2D eigenvalue weighted by Gasteiger charge is 2.21. The number of nitrogens with one attached hydrogen (secondary N) is 1. The lowest BCUT2D eigenvalue weighted by Gasteiger charge is -2.35. The van der Waals surface area contributed by atoms with Crippen molar-refractivity contribution in [3.63, 3.8) is 0 Å². The molecule has 1 heterocycles. The number of carbonyl (C=O) groups is 1. The minimum Gasteiger partial charge on any atom is -0.373 e. The van der Waals surface area contributed by atoms with Gasteiger partial charge in [0, 0.05) is 19.6 Å². The number of ether oxygens (including phenoxy) is 1. The summed E-state index contributed by atoms with van der Waals surface area (Å²) >= 11 is 0. The lowest BCUT2D eigenvalue weighted by atomic mass is 10.1. The van der Waals surface area contributed by atoms with Crippen molar-refractivity contribution >= 4 is 6.41 Å². The number of rotatable bonds is 10. The van der Waals surface area contributed by atoms with E-state index in [0.717, 1.165) is 32.5 Å². The van der Waals surface area contributed by atoms with Gasteiger partial charge < -0.3 is 10.1 Å². The molecule has 1 rings (SSSR count). The van der Waals surface area contributed by atoms with E-state index in [9.17, 15) is 4.79 Å². The van der Waals surface area contributed by atoms with E-state index >= 15 is 0 Å². The Morgan fingerprint density at radius 1 is 1.05 bits per heavy atom. The van der Waals surface area contributed by atoms with Gasteiger partial charge in [0.25, 0.3) is 0 Å². The molecule has 1 amide bonds. The van der Waals surface area contributed by atoms with Gasteiger partial charge in [-0.25, -0.2) is 0 Å². The molecule has 0 aromatic rings. The summed E-state index contributed by atoms with van der Waals surface area (Å²) in [6.07, 6.45) is 9.11. The fourth-order valence-corrected chi connectivity index (χ4v) is 2.80. The fourth-order valence-electron chi connectivity index (χ4n) is 2.80. The largest absolute Gasteiger partial charge is 0.373 e. The molecule has 1 fully saturated rings. The Balaban J connectivity index is 1.89. The number of morpholine rings is 1. The van der Waals surface area contributed by atoms with Crippen molar-refractivity contribution in [2.45, 2.75) is 64.6 Å². The Labute approximate surface area is 117 Å². The molecule has 1 N–H and O–H groups in total. The molecule has 1 aliphatic rings. The Hall–Kier alpha value is -0.610. The lowest BCUT2D eigenvalue weighted by Crippen LogP contribution is -2.45. The quantitative estimate of drug-likeness (QED) is 0.489. The number of amides is 1. The Bertz CT molecular complexity index is 226. The van der Waals surface area contributed by atoms with Crippen LogP contribution in [0.5, 0.6) is 0 Å². The summed E-state index contributed by atoms with van der Waals surface area (Å²) in [5, 5.41) is 2.70. The van der Waals surface area contributed by atoms with Gasteiger partial charge >= 0.3 is 0 Å². The maximum absolute atomic E-state index is 10.1. The molecule has 0 aromatic heterocycles. The first kappa shape index (κ1) is 16.4. The van der Waals surface area contributed by atoms with Crippen molar-refractivity contribution in [1.82, 2.24) is 10.2 Å². The van der Waals surface area contributed by atoms with Crippen LogP contribution < -0.4 is 5.32 Å². The third-order valence-corrected chi connectivity index (χ3v) is 3.62. The van der Waals surface area contributed by atoms with Gasteiger partial charge in [-0.15, -0.1) is 0 Å². The highest BCUT2D eigenvalue weighted by molar-refractivity contribution is 5.45. The third-order valence-electron chi connectivity index (χ3n) is 3.62. The van der Waals surface area contributed by atoms with E-state index in [1.807, 2.05) is 0 Å². The average Bonchev–Trinajstić information content (AvgIpc) is 2.36. The maximum atomic E-state index is 10.1. The van der Waals surface area contributed by atoms with Gasteiger partial charge in [-0.05, 0) is 33.2 Å².